The Morgan fingerprint density at radius 2 is 0.633 bits per heavy atom. The van der Waals surface area contributed by atoms with Crippen molar-refractivity contribution in [1.82, 2.24) is 0 Å². The molecule has 18 aliphatic rings. The van der Waals surface area contributed by atoms with Crippen LogP contribution < -0.4 is 0 Å². The van der Waals surface area contributed by atoms with Gasteiger partial charge in [-0.2, -0.15) is 0 Å². The molecule has 0 spiro atoms. The molecule has 0 aromatic carbocycles. The van der Waals surface area contributed by atoms with Crippen LogP contribution in [0.1, 0.15) is 175 Å². The minimum atomic E-state index is -1.58. The third-order valence-corrected chi connectivity index (χ3v) is 28.4. The van der Waals surface area contributed by atoms with Gasteiger partial charge in [-0.05, 0) is 281 Å². The zero-order valence-corrected chi connectivity index (χ0v) is 53.3. The fourth-order valence-electron chi connectivity index (χ4n) is 24.4. The molecule has 19 nitrogen and oxygen atoms in total. The van der Waals surface area contributed by atoms with Gasteiger partial charge in [0.2, 0.25) is 0 Å². The Kier molecular flexibility index (Phi) is 16.4. The van der Waals surface area contributed by atoms with Crippen LogP contribution in [0.4, 0.5) is 0 Å². The highest BCUT2D eigenvalue weighted by Crippen LogP contribution is 2.63. The van der Waals surface area contributed by atoms with E-state index in [2.05, 4.69) is 6.92 Å². The van der Waals surface area contributed by atoms with Crippen LogP contribution in [0.3, 0.4) is 0 Å². The van der Waals surface area contributed by atoms with Gasteiger partial charge in [0.25, 0.3) is 0 Å². The zero-order valence-electron chi connectivity index (χ0n) is 53.3. The summed E-state index contributed by atoms with van der Waals surface area (Å²) in [7, 11) is 0. The molecule has 0 aromatic rings. The maximum Gasteiger partial charge on any atom is 0.344 e. The van der Waals surface area contributed by atoms with Gasteiger partial charge >= 0.3 is 47.8 Å². The topological polar surface area (TPSA) is 249 Å². The van der Waals surface area contributed by atoms with Gasteiger partial charge in [0.15, 0.2) is 19.8 Å². The number of hydrogen-bond donors (Lipinski definition) is 1. The first-order valence-corrected chi connectivity index (χ1v) is 35.5. The van der Waals surface area contributed by atoms with Gasteiger partial charge in [-0.3, -0.25) is 24.0 Å². The summed E-state index contributed by atoms with van der Waals surface area (Å²) in [4.78, 5) is 112. The second-order valence-electron chi connectivity index (χ2n) is 33.3. The van der Waals surface area contributed by atoms with Crippen LogP contribution in [0.5, 0.6) is 0 Å². The van der Waals surface area contributed by atoms with Gasteiger partial charge in [0.05, 0.1) is 54.3 Å². The van der Waals surface area contributed by atoms with Crippen LogP contribution in [-0.2, 0) is 85.7 Å². The van der Waals surface area contributed by atoms with Crippen LogP contribution in [-0.4, -0.2) is 129 Å². The second-order valence-corrected chi connectivity index (χ2v) is 33.3. The standard InChI is InChI=1S/C71H98O19/c1-68(48-13-36-10-37(15-48)16-49(68)14-36)88-54(73)28-82-63(76)57-42-4-6-44(25-42)59(57)65(78)85-33-71(31-72,32-81-35-87-62-47-9-8-46(27-47)61(62)67(80)84-30-56(75)90-70(3)52-21-40-12-41(23-52)24-53(70)22-40)34-86-66(79)60-45-7-5-43(26-45)58(60)64(77)83-29-55(74)89-69(2)50-17-38-11-39(19-50)20-51(69)18-38/h36-53,57-62,72H,4-35H2,1-3H3. The van der Waals surface area contributed by atoms with E-state index in [-0.39, 0.29) is 48.9 Å². The Hall–Kier alpha value is -4.36. The van der Waals surface area contributed by atoms with E-state index in [0.29, 0.717) is 110 Å². The molecule has 18 bridgehead atoms. The van der Waals surface area contributed by atoms with Crippen LogP contribution in [0, 0.1) is 142 Å². The molecule has 0 radical (unpaired) electrons. The van der Waals surface area contributed by atoms with Crippen molar-refractivity contribution in [2.75, 3.05) is 53.0 Å². The van der Waals surface area contributed by atoms with Crippen molar-refractivity contribution < 1.29 is 90.8 Å². The molecule has 0 heterocycles. The van der Waals surface area contributed by atoms with E-state index in [1.807, 2.05) is 13.8 Å². The SMILES string of the molecule is CC1(OC(=O)COC(=O)C2C3CCC(C3)C2OCOCC(CO)(COC(=O)C2C3CCC(C3)C2C(=O)OCC(=O)OC2(C)C3CC4CC(C3)CC2C4)COC(=O)C2C3CCC(C3)C2C(=O)OCC(=O)OC2(C)C3CC4CC(C3)CC2C4)C2CC3CC(C2)CC1C3. The summed E-state index contributed by atoms with van der Waals surface area (Å²) in [5.74, 6) is -3.71. The van der Waals surface area contributed by atoms with Gasteiger partial charge in [0.1, 0.15) is 36.8 Å². The Balaban J connectivity index is 0.591. The maximum atomic E-state index is 14.6. The lowest BCUT2D eigenvalue weighted by Gasteiger charge is -2.59. The van der Waals surface area contributed by atoms with Gasteiger partial charge in [0, 0.05) is 0 Å². The number of fused-ring (bicyclic) bond motifs is 6. The van der Waals surface area contributed by atoms with Crippen molar-refractivity contribution in [2.24, 2.45) is 142 Å². The summed E-state index contributed by atoms with van der Waals surface area (Å²) in [6.45, 7) is 2.21. The lowest BCUT2D eigenvalue weighted by atomic mass is 9.50. The summed E-state index contributed by atoms with van der Waals surface area (Å²) in [5.41, 5.74) is -3.32. The summed E-state index contributed by atoms with van der Waals surface area (Å²) in [6, 6.07) is 0. The lowest BCUT2D eigenvalue weighted by molar-refractivity contribution is -0.209. The molecule has 18 fully saturated rings. The lowest BCUT2D eigenvalue weighted by Crippen LogP contribution is -2.58. The molecule has 0 amide bonds. The van der Waals surface area contributed by atoms with Crippen molar-refractivity contribution in [3.05, 3.63) is 0 Å². The van der Waals surface area contributed by atoms with Crippen molar-refractivity contribution in [3.63, 3.8) is 0 Å². The molecule has 18 rings (SSSR count). The van der Waals surface area contributed by atoms with Gasteiger partial charge in [-0.15, -0.1) is 0 Å². The monoisotopic (exact) mass is 1250 g/mol. The maximum absolute atomic E-state index is 14.6. The highest BCUT2D eigenvalue weighted by Gasteiger charge is 2.62. The third kappa shape index (κ3) is 11.0. The van der Waals surface area contributed by atoms with Crippen LogP contribution in [0.15, 0.2) is 0 Å². The van der Waals surface area contributed by atoms with Crippen molar-refractivity contribution in [3.8, 4) is 0 Å². The van der Waals surface area contributed by atoms with Crippen molar-refractivity contribution >= 4 is 47.8 Å². The normalized spacial score (nSPS) is 46.6. The number of aliphatic hydroxyl groups excluding tert-OH is 1. The average Bonchev–Trinajstić information content (AvgIpc) is 1.64. The fraction of sp³-hybridized carbons (Fsp3) is 0.887. The van der Waals surface area contributed by atoms with Crippen molar-refractivity contribution in [2.45, 2.75) is 198 Å². The van der Waals surface area contributed by atoms with E-state index in [0.717, 1.165) is 96.3 Å². The van der Waals surface area contributed by atoms with E-state index in [1.165, 1.54) is 19.3 Å². The van der Waals surface area contributed by atoms with Crippen molar-refractivity contribution in [1.29, 1.82) is 0 Å². The van der Waals surface area contributed by atoms with E-state index >= 15 is 0 Å². The number of carbonyl (C=O) groups is 8. The first kappa shape index (κ1) is 61.8. The predicted molar refractivity (Wildman–Crippen MR) is 315 cm³/mol. The first-order valence-electron chi connectivity index (χ1n) is 35.5. The molecule has 18 aliphatic carbocycles. The first-order chi connectivity index (χ1) is 43.2. The van der Waals surface area contributed by atoms with E-state index in [1.54, 1.807) is 0 Å². The van der Waals surface area contributed by atoms with E-state index < -0.39 is 145 Å². The van der Waals surface area contributed by atoms with Crippen LogP contribution in [0.25, 0.3) is 0 Å². The molecule has 12 atom stereocenters. The summed E-state index contributed by atoms with van der Waals surface area (Å²) >= 11 is 0. The minimum absolute atomic E-state index is 0.00684. The molecule has 496 valence electrons. The Bertz CT molecular complexity index is 2620. The number of rotatable bonds is 24. The number of carbonyl (C=O) groups excluding carboxylic acids is 8. The molecule has 0 aromatic heterocycles. The number of hydrogen-bond acceptors (Lipinski definition) is 19. The van der Waals surface area contributed by atoms with Crippen LogP contribution in [0.2, 0.25) is 0 Å². The minimum Gasteiger partial charge on any atom is -0.465 e. The molecule has 1 N–H and O–H groups in total. The Morgan fingerprint density at radius 1 is 0.356 bits per heavy atom. The number of ether oxygens (including phenoxy) is 10. The Morgan fingerprint density at radius 3 is 0.956 bits per heavy atom. The summed E-state index contributed by atoms with van der Waals surface area (Å²) in [5, 5.41) is 11.4. The number of esters is 8. The summed E-state index contributed by atoms with van der Waals surface area (Å²) < 4.78 is 60.7. The molecule has 0 saturated heterocycles. The molecule has 19 heteroatoms. The van der Waals surface area contributed by atoms with E-state index in [4.69, 9.17) is 47.4 Å². The zero-order chi connectivity index (χ0) is 62.2. The smallest absolute Gasteiger partial charge is 0.344 e. The van der Waals surface area contributed by atoms with Crippen LogP contribution >= 0.6 is 0 Å². The molecule has 0 aliphatic heterocycles. The Labute approximate surface area is 528 Å². The van der Waals surface area contributed by atoms with E-state index in [9.17, 15) is 43.5 Å². The van der Waals surface area contributed by atoms with Gasteiger partial charge in [-0.1, -0.05) is 0 Å². The average molecular weight is 1260 g/mol. The predicted octanol–water partition coefficient (Wildman–Crippen LogP) is 8.69. The van der Waals surface area contributed by atoms with Gasteiger partial charge < -0.3 is 52.5 Å². The molecule has 18 saturated carbocycles. The highest BCUT2D eigenvalue weighted by atomic mass is 16.7. The largest absolute Gasteiger partial charge is 0.465 e. The molecular formula is C71H98O19. The number of aliphatic hydroxyl groups is 1. The second kappa shape index (κ2) is 23.8. The third-order valence-electron chi connectivity index (χ3n) is 28.4. The highest BCUT2D eigenvalue weighted by molar-refractivity contribution is 5.86. The quantitative estimate of drug-likeness (QED) is 0.0411. The molecular weight excluding hydrogens is 1160 g/mol. The molecule has 90 heavy (non-hydrogen) atoms. The van der Waals surface area contributed by atoms with Gasteiger partial charge in [-0.25, -0.2) is 14.4 Å². The summed E-state index contributed by atoms with van der Waals surface area (Å²) in [6.07, 6.45) is 22.3. The fourth-order valence-corrected chi connectivity index (χ4v) is 24.4. The molecule has 12 unspecified atom stereocenters.